The Kier molecular flexibility index (Phi) is 9.50. The summed E-state index contributed by atoms with van der Waals surface area (Å²) in [6.07, 6.45) is 2.29. The molecule has 0 atom stereocenters. The van der Waals surface area contributed by atoms with E-state index < -0.39 is 5.60 Å². The molecule has 6 rings (SSSR count). The summed E-state index contributed by atoms with van der Waals surface area (Å²) in [4.78, 5) is 28.4. The molecular weight excluding hydrogens is 592 g/mol. The molecular formula is C37H38N6O4. The number of nitrogens with one attached hydrogen (secondary N) is 4. The van der Waals surface area contributed by atoms with Gasteiger partial charge in [-0.1, -0.05) is 18.2 Å². The van der Waals surface area contributed by atoms with E-state index in [4.69, 9.17) is 0 Å². The van der Waals surface area contributed by atoms with Crippen LogP contribution in [0.3, 0.4) is 0 Å². The third-order valence-electron chi connectivity index (χ3n) is 8.88. The predicted octanol–water partition coefficient (Wildman–Crippen LogP) is 5.34. The number of rotatable bonds is 8. The Bertz CT molecular complexity index is 1770. The molecule has 2 aliphatic heterocycles. The Labute approximate surface area is 274 Å². The molecule has 2 heterocycles. The second kappa shape index (κ2) is 14.1. The monoisotopic (exact) mass is 630 g/mol. The van der Waals surface area contributed by atoms with E-state index in [2.05, 4.69) is 32.2 Å². The molecule has 240 valence electrons. The van der Waals surface area contributed by atoms with Crippen LogP contribution in [-0.4, -0.2) is 54.3 Å². The van der Waals surface area contributed by atoms with Gasteiger partial charge in [0.1, 0.15) is 6.07 Å². The van der Waals surface area contributed by atoms with E-state index in [0.29, 0.717) is 65.2 Å². The summed E-state index contributed by atoms with van der Waals surface area (Å²) < 4.78 is 0. The number of amides is 2. The van der Waals surface area contributed by atoms with Crippen LogP contribution < -0.4 is 26.2 Å². The summed E-state index contributed by atoms with van der Waals surface area (Å²) in [7, 11) is 0. The minimum atomic E-state index is -1.08. The van der Waals surface area contributed by atoms with Gasteiger partial charge in [-0.3, -0.25) is 9.59 Å². The van der Waals surface area contributed by atoms with Gasteiger partial charge in [-0.25, -0.2) is 0 Å². The molecule has 0 aliphatic carbocycles. The maximum Gasteiger partial charge on any atom is 0.256 e. The van der Waals surface area contributed by atoms with E-state index in [9.17, 15) is 25.1 Å². The minimum absolute atomic E-state index is 0.219. The zero-order chi connectivity index (χ0) is 32.8. The van der Waals surface area contributed by atoms with Crippen molar-refractivity contribution in [3.05, 3.63) is 113 Å². The number of piperidine rings is 2. The van der Waals surface area contributed by atoms with Gasteiger partial charge in [-0.2, -0.15) is 5.26 Å². The fourth-order valence-electron chi connectivity index (χ4n) is 6.16. The van der Waals surface area contributed by atoms with E-state index in [1.807, 2.05) is 30.3 Å². The van der Waals surface area contributed by atoms with Gasteiger partial charge in [0, 0.05) is 47.0 Å². The van der Waals surface area contributed by atoms with E-state index in [1.165, 1.54) is 0 Å². The number of anilines is 5. The Hall–Kier alpha value is -5.21. The fourth-order valence-corrected chi connectivity index (χ4v) is 6.16. The Morgan fingerprint density at radius 1 is 0.830 bits per heavy atom. The van der Waals surface area contributed by atoms with Crippen LogP contribution in [0.25, 0.3) is 0 Å². The van der Waals surface area contributed by atoms with Crippen LogP contribution in [0.5, 0.6) is 0 Å². The average Bonchev–Trinajstić information content (AvgIpc) is 3.10. The van der Waals surface area contributed by atoms with Gasteiger partial charge in [0.2, 0.25) is 0 Å². The normalized spacial score (nSPS) is 16.1. The summed E-state index contributed by atoms with van der Waals surface area (Å²) in [5, 5.41) is 43.2. The van der Waals surface area contributed by atoms with E-state index in [-0.39, 0.29) is 17.9 Å². The van der Waals surface area contributed by atoms with Gasteiger partial charge >= 0.3 is 0 Å². The van der Waals surface area contributed by atoms with Gasteiger partial charge in [0.15, 0.2) is 0 Å². The topological polar surface area (TPSA) is 150 Å². The second-order valence-electron chi connectivity index (χ2n) is 12.1. The van der Waals surface area contributed by atoms with Crippen molar-refractivity contribution in [3.63, 3.8) is 0 Å². The molecule has 0 radical (unpaired) electrons. The van der Waals surface area contributed by atoms with Crippen molar-refractivity contribution >= 4 is 40.3 Å². The first-order valence-electron chi connectivity index (χ1n) is 15.9. The fraction of sp³-hybridized carbons (Fsp3) is 0.270. The average molecular weight is 631 g/mol. The lowest BCUT2D eigenvalue weighted by molar-refractivity contribution is 0.00522. The van der Waals surface area contributed by atoms with Gasteiger partial charge in [0.25, 0.3) is 11.8 Å². The molecule has 0 spiro atoms. The molecule has 2 aliphatic rings. The molecule has 4 aromatic carbocycles. The van der Waals surface area contributed by atoms with Gasteiger partial charge in [-0.05, 0) is 117 Å². The van der Waals surface area contributed by atoms with Crippen molar-refractivity contribution in [3.8, 4) is 6.07 Å². The second-order valence-corrected chi connectivity index (χ2v) is 12.1. The molecule has 0 saturated carbocycles. The quantitative estimate of drug-likeness (QED) is 0.153. The van der Waals surface area contributed by atoms with Crippen LogP contribution in [0, 0.1) is 11.3 Å². The third kappa shape index (κ3) is 7.45. The minimum Gasteiger partial charge on any atom is -0.393 e. The van der Waals surface area contributed by atoms with E-state index in [0.717, 1.165) is 37.3 Å². The van der Waals surface area contributed by atoms with Crippen molar-refractivity contribution in [2.24, 2.45) is 0 Å². The van der Waals surface area contributed by atoms with Crippen molar-refractivity contribution in [1.29, 1.82) is 5.26 Å². The number of aliphatic hydroxyl groups is 2. The maximum absolute atomic E-state index is 13.3. The van der Waals surface area contributed by atoms with Gasteiger partial charge < -0.3 is 36.4 Å². The molecule has 4 aromatic rings. The number of hydrogen-bond donors (Lipinski definition) is 6. The lowest BCUT2D eigenvalue weighted by atomic mass is 9.82. The highest BCUT2D eigenvalue weighted by Gasteiger charge is 2.34. The highest BCUT2D eigenvalue weighted by atomic mass is 16.3. The number of nitrogens with zero attached hydrogens (tertiary/aromatic N) is 2. The van der Waals surface area contributed by atoms with E-state index >= 15 is 0 Å². The molecule has 10 heteroatoms. The first-order valence-corrected chi connectivity index (χ1v) is 15.9. The maximum atomic E-state index is 13.3. The number of aliphatic hydroxyl groups excluding tert-OH is 1. The number of hydrogen-bond acceptors (Lipinski definition) is 8. The zero-order valence-electron chi connectivity index (χ0n) is 26.0. The van der Waals surface area contributed by atoms with Crippen molar-refractivity contribution in [2.45, 2.75) is 37.4 Å². The molecule has 2 saturated heterocycles. The van der Waals surface area contributed by atoms with Gasteiger partial charge in [-0.15, -0.1) is 0 Å². The van der Waals surface area contributed by atoms with Crippen molar-refractivity contribution in [2.75, 3.05) is 47.0 Å². The van der Waals surface area contributed by atoms with Crippen LogP contribution >= 0.6 is 0 Å². The van der Waals surface area contributed by atoms with Crippen LogP contribution in [0.4, 0.5) is 28.4 Å². The first kappa shape index (κ1) is 31.8. The number of nitriles is 1. The Balaban J connectivity index is 1.07. The lowest BCUT2D eigenvalue weighted by Crippen LogP contribution is -2.40. The third-order valence-corrected chi connectivity index (χ3v) is 8.88. The summed E-state index contributed by atoms with van der Waals surface area (Å²) in [5.74, 6) is -0.572. The molecule has 10 nitrogen and oxygen atoms in total. The van der Waals surface area contributed by atoms with Crippen molar-refractivity contribution < 1.29 is 19.8 Å². The standard InChI is InChI=1S/C37H38N6O4/c38-24-26-23-29(42-36(46)32-3-1-2-4-33(32)37(47)17-19-39-20-18-37)11-14-34(26)40-27-7-9-28(10-8-27)41-35(45)25-5-12-30(13-6-25)43-21-15-31(44)16-22-43/h1-14,23,31,39-40,44,47H,15-22H2,(H,41,45)(H,42,46). The first-order chi connectivity index (χ1) is 22.8. The molecule has 0 bridgehead atoms. The summed E-state index contributed by atoms with van der Waals surface area (Å²) in [6, 6.07) is 29.0. The number of carbonyl (C=O) groups excluding carboxylic acids is 2. The molecule has 0 unspecified atom stereocenters. The SMILES string of the molecule is N#Cc1cc(NC(=O)c2ccccc2C2(O)CCNCC2)ccc1Nc1ccc(NC(=O)c2ccc(N3CCC(O)CC3)cc2)cc1. The molecule has 6 N–H and O–H groups in total. The number of carbonyl (C=O) groups is 2. The largest absolute Gasteiger partial charge is 0.393 e. The Morgan fingerprint density at radius 2 is 1.47 bits per heavy atom. The van der Waals surface area contributed by atoms with Gasteiger partial charge in [0.05, 0.1) is 23.0 Å². The van der Waals surface area contributed by atoms with Crippen LogP contribution in [0.2, 0.25) is 0 Å². The summed E-state index contributed by atoms with van der Waals surface area (Å²) >= 11 is 0. The highest BCUT2D eigenvalue weighted by Crippen LogP contribution is 2.33. The lowest BCUT2D eigenvalue weighted by Gasteiger charge is -2.34. The van der Waals surface area contributed by atoms with Crippen LogP contribution in [0.15, 0.2) is 91.0 Å². The summed E-state index contributed by atoms with van der Waals surface area (Å²) in [6.45, 7) is 2.93. The Morgan fingerprint density at radius 3 is 2.17 bits per heavy atom. The van der Waals surface area contributed by atoms with Crippen LogP contribution in [0.1, 0.15) is 57.5 Å². The summed E-state index contributed by atoms with van der Waals surface area (Å²) in [5.41, 5.74) is 4.23. The molecule has 0 aromatic heterocycles. The predicted molar refractivity (Wildman–Crippen MR) is 183 cm³/mol. The molecule has 2 fully saturated rings. The number of benzene rings is 4. The molecule has 2 amide bonds. The molecule has 47 heavy (non-hydrogen) atoms. The van der Waals surface area contributed by atoms with E-state index in [1.54, 1.807) is 60.7 Å². The zero-order valence-corrected chi connectivity index (χ0v) is 26.0. The van der Waals surface area contributed by atoms with Crippen LogP contribution in [-0.2, 0) is 5.60 Å². The smallest absolute Gasteiger partial charge is 0.256 e. The highest BCUT2D eigenvalue weighted by molar-refractivity contribution is 6.06. The van der Waals surface area contributed by atoms with Crippen molar-refractivity contribution in [1.82, 2.24) is 5.32 Å².